The molecule has 0 unspecified atom stereocenters. The fraction of sp³-hybridized carbons (Fsp3) is 0.222. The Morgan fingerprint density at radius 2 is 1.44 bits per heavy atom. The molecule has 0 spiro atoms. The van der Waals surface area contributed by atoms with Gasteiger partial charge in [-0.1, -0.05) is 72.8 Å². The molecule has 0 radical (unpaired) electrons. The lowest BCUT2D eigenvalue weighted by molar-refractivity contribution is -0.136. The minimum atomic E-state index is -0.941. The van der Waals surface area contributed by atoms with Crippen molar-refractivity contribution >= 4 is 18.0 Å². The van der Waals surface area contributed by atoms with Gasteiger partial charge in [-0.05, 0) is 40.3 Å². The van der Waals surface area contributed by atoms with E-state index in [2.05, 4.69) is 22.8 Å². The van der Waals surface area contributed by atoms with Crippen LogP contribution in [0.5, 0.6) is 0 Å². The van der Waals surface area contributed by atoms with Gasteiger partial charge in [-0.15, -0.1) is 0 Å². The molecule has 0 saturated heterocycles. The Morgan fingerprint density at radius 1 is 0.882 bits per heavy atom. The molecule has 0 saturated carbocycles. The number of rotatable bonds is 8. The molecule has 7 heteroatoms. The molecule has 7 nitrogen and oxygen atoms in total. The van der Waals surface area contributed by atoms with Gasteiger partial charge < -0.3 is 20.5 Å². The lowest BCUT2D eigenvalue weighted by atomic mass is 9.98. The zero-order chi connectivity index (χ0) is 24.1. The summed E-state index contributed by atoms with van der Waals surface area (Å²) in [4.78, 5) is 35.9. The van der Waals surface area contributed by atoms with Gasteiger partial charge in [0.05, 0.1) is 6.42 Å². The Labute approximate surface area is 197 Å². The highest BCUT2D eigenvalue weighted by molar-refractivity contribution is 5.85. The summed E-state index contributed by atoms with van der Waals surface area (Å²) in [6.45, 7) is 1.90. The molecule has 0 aromatic heterocycles. The van der Waals surface area contributed by atoms with Crippen molar-refractivity contribution in [3.8, 4) is 11.1 Å². The van der Waals surface area contributed by atoms with Crippen molar-refractivity contribution in [2.75, 3.05) is 6.61 Å². The van der Waals surface area contributed by atoms with E-state index in [9.17, 15) is 14.4 Å². The van der Waals surface area contributed by atoms with Gasteiger partial charge in [0.2, 0.25) is 5.91 Å². The van der Waals surface area contributed by atoms with Gasteiger partial charge in [-0.2, -0.15) is 0 Å². The monoisotopic (exact) mass is 458 g/mol. The number of nitrogens with one attached hydrogen (secondary N) is 2. The number of amides is 2. The van der Waals surface area contributed by atoms with Crippen LogP contribution in [0.4, 0.5) is 4.79 Å². The zero-order valence-electron chi connectivity index (χ0n) is 18.8. The first kappa shape index (κ1) is 23.0. The van der Waals surface area contributed by atoms with Crippen molar-refractivity contribution in [3.63, 3.8) is 0 Å². The Balaban J connectivity index is 1.31. The van der Waals surface area contributed by atoms with Crippen LogP contribution in [0.1, 0.15) is 35.1 Å². The van der Waals surface area contributed by atoms with Crippen molar-refractivity contribution in [3.05, 3.63) is 95.1 Å². The van der Waals surface area contributed by atoms with E-state index < -0.39 is 24.0 Å². The Kier molecular flexibility index (Phi) is 6.92. The first-order valence-electron chi connectivity index (χ1n) is 11.1. The maximum absolute atomic E-state index is 12.5. The van der Waals surface area contributed by atoms with E-state index >= 15 is 0 Å². The Bertz CT molecular complexity index is 1180. The number of ether oxygens (including phenoxy) is 1. The van der Waals surface area contributed by atoms with E-state index in [1.54, 1.807) is 31.2 Å². The normalized spacial score (nSPS) is 12.9. The van der Waals surface area contributed by atoms with E-state index in [1.165, 1.54) is 0 Å². The number of carbonyl (C=O) groups is 3. The van der Waals surface area contributed by atoms with Crippen molar-refractivity contribution in [1.29, 1.82) is 0 Å². The molecule has 1 atom stereocenters. The van der Waals surface area contributed by atoms with Crippen LogP contribution in [0, 0.1) is 0 Å². The second-order valence-corrected chi connectivity index (χ2v) is 8.25. The van der Waals surface area contributed by atoms with E-state index in [1.807, 2.05) is 36.4 Å². The summed E-state index contributed by atoms with van der Waals surface area (Å²) in [5, 5.41) is 14.4. The summed E-state index contributed by atoms with van der Waals surface area (Å²) in [5.74, 6) is -1.39. The first-order valence-corrected chi connectivity index (χ1v) is 11.1. The topological polar surface area (TPSA) is 105 Å². The number of fused-ring (bicyclic) bond motifs is 3. The van der Waals surface area contributed by atoms with Crippen LogP contribution in [0.15, 0.2) is 72.8 Å². The van der Waals surface area contributed by atoms with Crippen LogP contribution in [0.3, 0.4) is 0 Å². The standard InChI is InChI=1S/C27H26N2O5/c1-17(26(32)28-15-19-9-3-2-8-18(19)14-25(30)31)29-27(33)34-16-24-22-12-6-4-10-20(22)21-11-5-7-13-23(21)24/h2-13,17,24H,14-16H2,1H3,(H,28,32)(H,29,33)(H,30,31)/t17-/m1/s1. The molecule has 4 rings (SSSR count). The van der Waals surface area contributed by atoms with Crippen molar-refractivity contribution in [2.45, 2.75) is 31.8 Å². The lowest BCUT2D eigenvalue weighted by Gasteiger charge is -2.17. The van der Waals surface area contributed by atoms with Gasteiger partial charge in [-0.3, -0.25) is 9.59 Å². The number of alkyl carbamates (subject to hydrolysis) is 1. The summed E-state index contributed by atoms with van der Waals surface area (Å²) in [7, 11) is 0. The van der Waals surface area contributed by atoms with Crippen LogP contribution in [0.25, 0.3) is 11.1 Å². The number of carboxylic acids is 1. The second-order valence-electron chi connectivity index (χ2n) is 8.25. The number of hydrogen-bond donors (Lipinski definition) is 3. The molecule has 34 heavy (non-hydrogen) atoms. The van der Waals surface area contributed by atoms with E-state index in [0.717, 1.165) is 22.3 Å². The van der Waals surface area contributed by atoms with Crippen LogP contribution in [-0.4, -0.2) is 35.7 Å². The van der Waals surface area contributed by atoms with Crippen LogP contribution in [-0.2, 0) is 27.3 Å². The molecule has 0 heterocycles. The average molecular weight is 459 g/mol. The van der Waals surface area contributed by atoms with E-state index in [0.29, 0.717) is 11.1 Å². The number of benzene rings is 3. The molecule has 0 aliphatic heterocycles. The predicted molar refractivity (Wildman–Crippen MR) is 127 cm³/mol. The molecule has 3 N–H and O–H groups in total. The SMILES string of the molecule is C[C@@H](NC(=O)OCC1c2ccccc2-c2ccccc21)C(=O)NCc1ccccc1CC(=O)O. The number of aliphatic carboxylic acids is 1. The highest BCUT2D eigenvalue weighted by atomic mass is 16.5. The quantitative estimate of drug-likeness (QED) is 0.476. The summed E-state index contributed by atoms with van der Waals surface area (Å²) in [6, 6.07) is 22.3. The molecular weight excluding hydrogens is 432 g/mol. The lowest BCUT2D eigenvalue weighted by Crippen LogP contribution is -2.45. The molecule has 1 aliphatic carbocycles. The Hall–Kier alpha value is -4.13. The van der Waals surface area contributed by atoms with Gasteiger partial charge in [0.25, 0.3) is 0 Å². The van der Waals surface area contributed by atoms with Crippen LogP contribution in [0.2, 0.25) is 0 Å². The zero-order valence-corrected chi connectivity index (χ0v) is 18.8. The van der Waals surface area contributed by atoms with Crippen LogP contribution < -0.4 is 10.6 Å². The molecule has 0 fully saturated rings. The molecule has 0 bridgehead atoms. The second kappa shape index (κ2) is 10.2. The Morgan fingerprint density at radius 3 is 2.06 bits per heavy atom. The van der Waals surface area contributed by atoms with Crippen molar-refractivity contribution < 1.29 is 24.2 Å². The third kappa shape index (κ3) is 5.09. The van der Waals surface area contributed by atoms with Gasteiger partial charge >= 0.3 is 12.1 Å². The molecule has 3 aromatic rings. The van der Waals surface area contributed by atoms with Crippen molar-refractivity contribution in [1.82, 2.24) is 10.6 Å². The van der Waals surface area contributed by atoms with Gasteiger partial charge in [0.1, 0.15) is 12.6 Å². The number of hydrogen-bond acceptors (Lipinski definition) is 4. The highest BCUT2D eigenvalue weighted by Crippen LogP contribution is 2.44. The predicted octanol–water partition coefficient (Wildman–Crippen LogP) is 3.86. The molecule has 3 aromatic carbocycles. The highest BCUT2D eigenvalue weighted by Gasteiger charge is 2.29. The minimum absolute atomic E-state index is 0.0620. The van der Waals surface area contributed by atoms with E-state index in [4.69, 9.17) is 9.84 Å². The number of carbonyl (C=O) groups excluding carboxylic acids is 2. The number of carboxylic acid groups (broad SMARTS) is 1. The van der Waals surface area contributed by atoms with Gasteiger partial charge in [-0.25, -0.2) is 4.79 Å². The minimum Gasteiger partial charge on any atom is -0.481 e. The fourth-order valence-electron chi connectivity index (χ4n) is 4.28. The van der Waals surface area contributed by atoms with Crippen molar-refractivity contribution in [2.24, 2.45) is 0 Å². The van der Waals surface area contributed by atoms with Gasteiger partial charge in [0, 0.05) is 12.5 Å². The molecular formula is C27H26N2O5. The smallest absolute Gasteiger partial charge is 0.407 e. The summed E-state index contributed by atoms with van der Waals surface area (Å²) < 4.78 is 5.49. The average Bonchev–Trinajstić information content (AvgIpc) is 3.15. The third-order valence-electron chi connectivity index (χ3n) is 5.98. The maximum Gasteiger partial charge on any atom is 0.407 e. The largest absolute Gasteiger partial charge is 0.481 e. The van der Waals surface area contributed by atoms with Gasteiger partial charge in [0.15, 0.2) is 0 Å². The molecule has 174 valence electrons. The molecule has 1 aliphatic rings. The maximum atomic E-state index is 12.5. The third-order valence-corrected chi connectivity index (χ3v) is 5.98. The summed E-state index contributed by atoms with van der Waals surface area (Å²) in [6.07, 6.45) is -0.796. The van der Waals surface area contributed by atoms with E-state index in [-0.39, 0.29) is 25.5 Å². The summed E-state index contributed by atoms with van der Waals surface area (Å²) in [5.41, 5.74) is 5.86. The summed E-state index contributed by atoms with van der Waals surface area (Å²) >= 11 is 0. The fourth-order valence-corrected chi connectivity index (χ4v) is 4.28. The van der Waals surface area contributed by atoms with Crippen LogP contribution >= 0.6 is 0 Å². The first-order chi connectivity index (χ1) is 16.4. The molecule has 2 amide bonds.